The number of aryl methyl sites for hydroxylation is 1. The number of hydrogen-bond donors (Lipinski definition) is 2. The Morgan fingerprint density at radius 1 is 1.45 bits per heavy atom. The van der Waals surface area contributed by atoms with E-state index in [2.05, 4.69) is 5.32 Å². The first kappa shape index (κ1) is 16.8. The zero-order chi connectivity index (χ0) is 15.2. The third-order valence-electron chi connectivity index (χ3n) is 3.05. The van der Waals surface area contributed by atoms with E-state index in [4.69, 9.17) is 21.4 Å². The summed E-state index contributed by atoms with van der Waals surface area (Å²) in [4.78, 5) is 11.7. The van der Waals surface area contributed by atoms with Crippen molar-refractivity contribution in [1.29, 1.82) is 0 Å². The van der Waals surface area contributed by atoms with Crippen LogP contribution in [0, 0.1) is 12.3 Å². The molecule has 0 saturated carbocycles. The molecular formula is C15H22ClNO3. The van der Waals surface area contributed by atoms with Crippen LogP contribution in [0.5, 0.6) is 5.75 Å². The van der Waals surface area contributed by atoms with E-state index in [1.54, 1.807) is 18.2 Å². The molecule has 1 aromatic rings. The quantitative estimate of drug-likeness (QED) is 0.813. The number of halogens is 1. The highest BCUT2D eigenvalue weighted by Gasteiger charge is 2.18. The number of nitrogens with one attached hydrogen (secondary N) is 1. The molecule has 2 N–H and O–H groups in total. The van der Waals surface area contributed by atoms with Crippen LogP contribution in [-0.2, 0) is 4.79 Å². The van der Waals surface area contributed by atoms with Gasteiger partial charge in [0.05, 0.1) is 0 Å². The summed E-state index contributed by atoms with van der Waals surface area (Å²) in [5.74, 6) is 0.476. The summed E-state index contributed by atoms with van der Waals surface area (Å²) in [6, 6.07) is 5.27. The van der Waals surface area contributed by atoms with Gasteiger partial charge in [0.25, 0.3) is 5.91 Å². The summed E-state index contributed by atoms with van der Waals surface area (Å²) in [6.07, 6.45) is 0.643. The van der Waals surface area contributed by atoms with Crippen LogP contribution in [0.3, 0.4) is 0 Å². The van der Waals surface area contributed by atoms with Gasteiger partial charge in [0.15, 0.2) is 6.61 Å². The van der Waals surface area contributed by atoms with Crippen molar-refractivity contribution >= 4 is 17.5 Å². The van der Waals surface area contributed by atoms with Crippen molar-refractivity contribution in [2.24, 2.45) is 5.41 Å². The van der Waals surface area contributed by atoms with E-state index >= 15 is 0 Å². The van der Waals surface area contributed by atoms with Crippen LogP contribution in [0.15, 0.2) is 18.2 Å². The molecule has 1 amide bonds. The zero-order valence-electron chi connectivity index (χ0n) is 12.2. The van der Waals surface area contributed by atoms with Gasteiger partial charge in [0, 0.05) is 18.2 Å². The van der Waals surface area contributed by atoms with Crippen molar-refractivity contribution in [3.63, 3.8) is 0 Å². The lowest BCUT2D eigenvalue weighted by Gasteiger charge is -2.23. The molecule has 0 atom stereocenters. The second-order valence-corrected chi connectivity index (χ2v) is 6.05. The summed E-state index contributed by atoms with van der Waals surface area (Å²) in [5, 5.41) is 12.4. The van der Waals surface area contributed by atoms with Gasteiger partial charge < -0.3 is 15.2 Å². The van der Waals surface area contributed by atoms with E-state index in [0.717, 1.165) is 5.56 Å². The van der Waals surface area contributed by atoms with Crippen molar-refractivity contribution in [1.82, 2.24) is 5.32 Å². The molecule has 0 aliphatic heterocycles. The number of ether oxygens (including phenoxy) is 1. The van der Waals surface area contributed by atoms with Gasteiger partial charge in [-0.15, -0.1) is 0 Å². The summed E-state index contributed by atoms with van der Waals surface area (Å²) in [5.41, 5.74) is 0.770. The maximum absolute atomic E-state index is 11.7. The van der Waals surface area contributed by atoms with Crippen LogP contribution in [0.25, 0.3) is 0 Å². The molecule has 1 rings (SSSR count). The minimum absolute atomic E-state index is 0.0301. The Balaban J connectivity index is 2.40. The predicted octanol–water partition coefficient (Wildman–Crippen LogP) is 2.55. The number of benzene rings is 1. The Kier molecular flexibility index (Phi) is 6.30. The molecule has 0 aromatic heterocycles. The standard InChI is InChI=1S/C15H22ClNO3/c1-11-8-12(16)4-5-13(11)20-9-14(19)17-10-15(2,3)6-7-18/h4-5,8,18H,6-7,9-10H2,1-3H3,(H,17,19). The molecule has 0 heterocycles. The Hall–Kier alpha value is -1.26. The first-order chi connectivity index (χ1) is 9.34. The van der Waals surface area contributed by atoms with E-state index in [9.17, 15) is 4.79 Å². The SMILES string of the molecule is Cc1cc(Cl)ccc1OCC(=O)NCC(C)(C)CCO. The third kappa shape index (κ3) is 5.80. The summed E-state index contributed by atoms with van der Waals surface area (Å²) in [6.45, 7) is 6.46. The molecule has 0 saturated heterocycles. The summed E-state index contributed by atoms with van der Waals surface area (Å²) < 4.78 is 5.46. The lowest BCUT2D eigenvalue weighted by Crippen LogP contribution is -2.37. The van der Waals surface area contributed by atoms with Crippen LogP contribution < -0.4 is 10.1 Å². The highest BCUT2D eigenvalue weighted by atomic mass is 35.5. The van der Waals surface area contributed by atoms with Crippen LogP contribution in [-0.4, -0.2) is 30.8 Å². The average Bonchev–Trinajstić information content (AvgIpc) is 2.35. The maximum atomic E-state index is 11.7. The zero-order valence-corrected chi connectivity index (χ0v) is 13.0. The van der Waals surface area contributed by atoms with Crippen LogP contribution in [0.2, 0.25) is 5.02 Å². The normalized spacial score (nSPS) is 11.2. The lowest BCUT2D eigenvalue weighted by atomic mass is 9.90. The van der Waals surface area contributed by atoms with Crippen molar-refractivity contribution < 1.29 is 14.6 Å². The van der Waals surface area contributed by atoms with Crippen LogP contribution >= 0.6 is 11.6 Å². The topological polar surface area (TPSA) is 58.6 Å². The number of carbonyl (C=O) groups excluding carboxylic acids is 1. The van der Waals surface area contributed by atoms with Gasteiger partial charge in [0.1, 0.15) is 5.75 Å². The molecule has 1 aromatic carbocycles. The van der Waals surface area contributed by atoms with Gasteiger partial charge in [-0.3, -0.25) is 4.79 Å². The maximum Gasteiger partial charge on any atom is 0.257 e. The predicted molar refractivity (Wildman–Crippen MR) is 80.2 cm³/mol. The Morgan fingerprint density at radius 2 is 2.15 bits per heavy atom. The molecule has 0 unspecified atom stereocenters. The molecule has 0 aliphatic rings. The Bertz CT molecular complexity index is 460. The van der Waals surface area contributed by atoms with Gasteiger partial charge >= 0.3 is 0 Å². The largest absolute Gasteiger partial charge is 0.484 e. The van der Waals surface area contributed by atoms with Crippen LogP contribution in [0.4, 0.5) is 0 Å². The van der Waals surface area contributed by atoms with E-state index < -0.39 is 0 Å². The fraction of sp³-hybridized carbons (Fsp3) is 0.533. The van der Waals surface area contributed by atoms with Crippen molar-refractivity contribution in [3.8, 4) is 5.75 Å². The average molecular weight is 300 g/mol. The Labute approximate surface area is 125 Å². The van der Waals surface area contributed by atoms with Crippen LogP contribution in [0.1, 0.15) is 25.8 Å². The molecule has 0 bridgehead atoms. The van der Waals surface area contributed by atoms with Gasteiger partial charge in [-0.25, -0.2) is 0 Å². The van der Waals surface area contributed by atoms with E-state index in [-0.39, 0.29) is 24.5 Å². The minimum atomic E-state index is -0.176. The number of rotatable bonds is 7. The first-order valence-electron chi connectivity index (χ1n) is 6.60. The van der Waals surface area contributed by atoms with Gasteiger partial charge in [-0.2, -0.15) is 0 Å². The van der Waals surface area contributed by atoms with Crippen molar-refractivity contribution in [2.75, 3.05) is 19.8 Å². The number of carbonyl (C=O) groups is 1. The fourth-order valence-electron chi connectivity index (χ4n) is 1.70. The molecule has 4 nitrogen and oxygen atoms in total. The van der Waals surface area contributed by atoms with Gasteiger partial charge in [-0.1, -0.05) is 25.4 Å². The van der Waals surface area contributed by atoms with Crippen molar-refractivity contribution in [3.05, 3.63) is 28.8 Å². The first-order valence-corrected chi connectivity index (χ1v) is 6.98. The molecule has 0 radical (unpaired) electrons. The molecule has 0 fully saturated rings. The van der Waals surface area contributed by atoms with E-state index in [0.29, 0.717) is 23.7 Å². The fourth-order valence-corrected chi connectivity index (χ4v) is 1.92. The molecular weight excluding hydrogens is 278 g/mol. The molecule has 0 aliphatic carbocycles. The van der Waals surface area contributed by atoms with E-state index in [1.807, 2.05) is 20.8 Å². The lowest BCUT2D eigenvalue weighted by molar-refractivity contribution is -0.123. The highest BCUT2D eigenvalue weighted by Crippen LogP contribution is 2.21. The van der Waals surface area contributed by atoms with Crippen molar-refractivity contribution in [2.45, 2.75) is 27.2 Å². The molecule has 0 spiro atoms. The number of hydrogen-bond acceptors (Lipinski definition) is 3. The molecule has 5 heteroatoms. The smallest absolute Gasteiger partial charge is 0.257 e. The number of aliphatic hydroxyl groups excluding tert-OH is 1. The second kappa shape index (κ2) is 7.50. The van der Waals surface area contributed by atoms with Gasteiger partial charge in [0.2, 0.25) is 0 Å². The second-order valence-electron chi connectivity index (χ2n) is 5.61. The van der Waals surface area contributed by atoms with E-state index in [1.165, 1.54) is 0 Å². The highest BCUT2D eigenvalue weighted by molar-refractivity contribution is 6.30. The summed E-state index contributed by atoms with van der Waals surface area (Å²) >= 11 is 5.85. The number of aliphatic hydroxyl groups is 1. The molecule has 112 valence electrons. The summed E-state index contributed by atoms with van der Waals surface area (Å²) in [7, 11) is 0. The monoisotopic (exact) mass is 299 g/mol. The number of amides is 1. The third-order valence-corrected chi connectivity index (χ3v) is 3.28. The minimum Gasteiger partial charge on any atom is -0.484 e. The molecule has 20 heavy (non-hydrogen) atoms. The Morgan fingerprint density at radius 3 is 2.75 bits per heavy atom. The van der Waals surface area contributed by atoms with Gasteiger partial charge in [-0.05, 0) is 42.5 Å².